The Balaban J connectivity index is 1.94. The first-order chi connectivity index (χ1) is 14.4. The molecule has 2 aromatic carbocycles. The van der Waals surface area contributed by atoms with Gasteiger partial charge in [0, 0.05) is 23.2 Å². The van der Waals surface area contributed by atoms with Crippen molar-refractivity contribution in [1.82, 2.24) is 10.6 Å². The lowest BCUT2D eigenvalue weighted by atomic mass is 10.0. The largest absolute Gasteiger partial charge is 0.465 e. The van der Waals surface area contributed by atoms with Crippen LogP contribution in [0.1, 0.15) is 18.1 Å². The van der Waals surface area contributed by atoms with Crippen molar-refractivity contribution in [3.63, 3.8) is 0 Å². The number of likely N-dealkylation sites (N-methyl/N-ethyl adjacent to an activating group) is 1. The SMILES string of the molecule is CCOC(=O)CNC(=O)NC1N=C(c2ccccc2)c2cc(Cl)ccc2N(C)C1=O. The van der Waals surface area contributed by atoms with E-state index in [1.54, 1.807) is 32.2 Å². The molecule has 156 valence electrons. The summed E-state index contributed by atoms with van der Waals surface area (Å²) in [5, 5.41) is 5.38. The Morgan fingerprint density at radius 2 is 1.93 bits per heavy atom. The highest BCUT2D eigenvalue weighted by atomic mass is 35.5. The molecule has 1 heterocycles. The number of carbonyl (C=O) groups is 3. The summed E-state index contributed by atoms with van der Waals surface area (Å²) in [6.07, 6.45) is -1.20. The Hall–Kier alpha value is -3.39. The Bertz CT molecular complexity index is 994. The molecular formula is C21H21ClN4O4. The third kappa shape index (κ3) is 4.77. The van der Waals surface area contributed by atoms with Crippen molar-refractivity contribution < 1.29 is 19.1 Å². The van der Waals surface area contributed by atoms with Crippen LogP contribution in [0, 0.1) is 0 Å². The van der Waals surface area contributed by atoms with Crippen molar-refractivity contribution in [3.05, 3.63) is 64.7 Å². The number of rotatable bonds is 5. The van der Waals surface area contributed by atoms with Gasteiger partial charge in [0.25, 0.3) is 5.91 Å². The second kappa shape index (κ2) is 9.41. The van der Waals surface area contributed by atoms with E-state index in [0.717, 1.165) is 5.56 Å². The van der Waals surface area contributed by atoms with Crippen LogP contribution < -0.4 is 15.5 Å². The van der Waals surface area contributed by atoms with Gasteiger partial charge in [-0.3, -0.25) is 9.59 Å². The summed E-state index contributed by atoms with van der Waals surface area (Å²) in [4.78, 5) is 42.7. The molecule has 0 aliphatic carbocycles. The normalized spacial score (nSPS) is 15.6. The summed E-state index contributed by atoms with van der Waals surface area (Å²) in [6.45, 7) is 1.56. The summed E-state index contributed by atoms with van der Waals surface area (Å²) in [5.41, 5.74) is 2.56. The highest BCUT2D eigenvalue weighted by Crippen LogP contribution is 2.29. The number of fused-ring (bicyclic) bond motifs is 1. The van der Waals surface area contributed by atoms with Gasteiger partial charge in [0.2, 0.25) is 6.17 Å². The molecule has 3 amide bonds. The number of benzene rings is 2. The molecule has 1 atom stereocenters. The maximum absolute atomic E-state index is 13.0. The van der Waals surface area contributed by atoms with Crippen LogP contribution in [0.4, 0.5) is 10.5 Å². The van der Waals surface area contributed by atoms with E-state index in [0.29, 0.717) is 22.0 Å². The smallest absolute Gasteiger partial charge is 0.325 e. The van der Waals surface area contributed by atoms with Gasteiger partial charge in [-0.2, -0.15) is 0 Å². The fraction of sp³-hybridized carbons (Fsp3) is 0.238. The number of esters is 1. The number of hydrogen-bond acceptors (Lipinski definition) is 5. The average molecular weight is 429 g/mol. The van der Waals surface area contributed by atoms with E-state index < -0.39 is 24.1 Å². The Morgan fingerprint density at radius 3 is 2.63 bits per heavy atom. The lowest BCUT2D eigenvalue weighted by Crippen LogP contribution is -2.50. The lowest BCUT2D eigenvalue weighted by Gasteiger charge is -2.21. The van der Waals surface area contributed by atoms with Gasteiger partial charge in [-0.25, -0.2) is 9.79 Å². The molecule has 3 rings (SSSR count). The predicted octanol–water partition coefficient (Wildman–Crippen LogP) is 2.34. The quantitative estimate of drug-likeness (QED) is 0.714. The highest BCUT2D eigenvalue weighted by Gasteiger charge is 2.31. The number of benzodiazepines with no additional fused rings is 1. The van der Waals surface area contributed by atoms with Crippen LogP contribution in [0.15, 0.2) is 53.5 Å². The van der Waals surface area contributed by atoms with E-state index in [9.17, 15) is 14.4 Å². The molecule has 1 aliphatic rings. The van der Waals surface area contributed by atoms with Crippen LogP contribution in [0.3, 0.4) is 0 Å². The van der Waals surface area contributed by atoms with Crippen LogP contribution >= 0.6 is 11.6 Å². The van der Waals surface area contributed by atoms with E-state index >= 15 is 0 Å². The van der Waals surface area contributed by atoms with E-state index in [1.807, 2.05) is 30.3 Å². The second-order valence-corrected chi connectivity index (χ2v) is 6.87. The van der Waals surface area contributed by atoms with Crippen molar-refractivity contribution in [1.29, 1.82) is 0 Å². The standard InChI is InChI=1S/C21H21ClN4O4/c1-3-30-17(27)12-23-21(29)25-19-20(28)26(2)16-10-9-14(22)11-15(16)18(24-19)13-7-5-4-6-8-13/h4-11,19H,3,12H2,1-2H3,(H2,23,25,29). The number of ether oxygens (including phenoxy) is 1. The number of nitrogens with zero attached hydrogens (tertiary/aromatic N) is 2. The topological polar surface area (TPSA) is 100 Å². The van der Waals surface area contributed by atoms with E-state index in [4.69, 9.17) is 16.3 Å². The molecule has 0 saturated carbocycles. The van der Waals surface area contributed by atoms with Crippen molar-refractivity contribution >= 4 is 40.9 Å². The van der Waals surface area contributed by atoms with Crippen LogP contribution in [0.5, 0.6) is 0 Å². The molecule has 0 fully saturated rings. The third-order valence-corrected chi connectivity index (χ3v) is 4.65. The Labute approximate surface area is 178 Å². The predicted molar refractivity (Wildman–Crippen MR) is 114 cm³/mol. The molecule has 0 bridgehead atoms. The minimum Gasteiger partial charge on any atom is -0.465 e. The number of hydrogen-bond donors (Lipinski definition) is 2. The minimum atomic E-state index is -1.20. The number of nitrogens with one attached hydrogen (secondary N) is 2. The summed E-state index contributed by atoms with van der Waals surface area (Å²) < 4.78 is 4.77. The zero-order valence-corrected chi connectivity index (χ0v) is 17.3. The Morgan fingerprint density at radius 1 is 1.20 bits per heavy atom. The lowest BCUT2D eigenvalue weighted by molar-refractivity contribution is -0.141. The maximum Gasteiger partial charge on any atom is 0.325 e. The molecule has 8 nitrogen and oxygen atoms in total. The number of urea groups is 1. The average Bonchev–Trinajstić information content (AvgIpc) is 2.83. The van der Waals surface area contributed by atoms with Gasteiger partial charge in [-0.05, 0) is 25.1 Å². The number of amides is 3. The van der Waals surface area contributed by atoms with Crippen molar-refractivity contribution in [2.75, 3.05) is 25.1 Å². The fourth-order valence-electron chi connectivity index (χ4n) is 3.01. The van der Waals surface area contributed by atoms with Gasteiger partial charge in [0.1, 0.15) is 6.54 Å². The number of anilines is 1. The monoisotopic (exact) mass is 428 g/mol. The van der Waals surface area contributed by atoms with Crippen LogP contribution in [-0.4, -0.2) is 50.0 Å². The number of aliphatic imine (C=N–C) groups is 1. The van der Waals surface area contributed by atoms with Gasteiger partial charge < -0.3 is 20.3 Å². The number of halogens is 1. The maximum atomic E-state index is 13.0. The van der Waals surface area contributed by atoms with Gasteiger partial charge in [0.05, 0.1) is 18.0 Å². The molecule has 2 N–H and O–H groups in total. The van der Waals surface area contributed by atoms with Crippen molar-refractivity contribution in [3.8, 4) is 0 Å². The first-order valence-corrected chi connectivity index (χ1v) is 9.69. The zero-order valence-electron chi connectivity index (χ0n) is 16.5. The molecule has 0 spiro atoms. The van der Waals surface area contributed by atoms with E-state index in [-0.39, 0.29) is 13.2 Å². The molecule has 9 heteroatoms. The third-order valence-electron chi connectivity index (χ3n) is 4.41. The van der Waals surface area contributed by atoms with Gasteiger partial charge in [-0.15, -0.1) is 0 Å². The van der Waals surface area contributed by atoms with Crippen LogP contribution in [0.25, 0.3) is 0 Å². The van der Waals surface area contributed by atoms with E-state index in [2.05, 4.69) is 15.6 Å². The van der Waals surface area contributed by atoms with Crippen LogP contribution in [-0.2, 0) is 14.3 Å². The molecular weight excluding hydrogens is 408 g/mol. The second-order valence-electron chi connectivity index (χ2n) is 6.44. The van der Waals surface area contributed by atoms with E-state index in [1.165, 1.54) is 4.90 Å². The molecule has 1 aliphatic heterocycles. The summed E-state index contributed by atoms with van der Waals surface area (Å²) >= 11 is 6.20. The minimum absolute atomic E-state index is 0.208. The summed E-state index contributed by atoms with van der Waals surface area (Å²) in [5.74, 6) is -1.01. The van der Waals surface area contributed by atoms with Gasteiger partial charge in [-0.1, -0.05) is 41.9 Å². The van der Waals surface area contributed by atoms with Gasteiger partial charge >= 0.3 is 12.0 Å². The number of carbonyl (C=O) groups excluding carboxylic acids is 3. The van der Waals surface area contributed by atoms with Crippen LogP contribution in [0.2, 0.25) is 5.02 Å². The Kier molecular flexibility index (Phi) is 6.68. The molecule has 1 unspecified atom stereocenters. The van der Waals surface area contributed by atoms with Crippen molar-refractivity contribution in [2.24, 2.45) is 4.99 Å². The fourth-order valence-corrected chi connectivity index (χ4v) is 3.18. The molecule has 0 radical (unpaired) electrons. The highest BCUT2D eigenvalue weighted by molar-refractivity contribution is 6.32. The summed E-state index contributed by atoms with van der Waals surface area (Å²) in [7, 11) is 1.60. The molecule has 30 heavy (non-hydrogen) atoms. The zero-order chi connectivity index (χ0) is 21.7. The van der Waals surface area contributed by atoms with Gasteiger partial charge in [0.15, 0.2) is 0 Å². The molecule has 0 saturated heterocycles. The molecule has 0 aromatic heterocycles. The summed E-state index contributed by atoms with van der Waals surface area (Å²) in [6, 6.07) is 13.7. The van der Waals surface area contributed by atoms with Crippen molar-refractivity contribution in [2.45, 2.75) is 13.1 Å². The molecule has 2 aromatic rings. The first-order valence-electron chi connectivity index (χ1n) is 9.31. The first kappa shape index (κ1) is 21.3.